The monoisotopic (exact) mass is 350 g/mol. The number of para-hydroxylation sites is 1. The highest BCUT2D eigenvalue weighted by molar-refractivity contribution is 5.86. The van der Waals surface area contributed by atoms with Crippen LogP contribution in [0.3, 0.4) is 0 Å². The molecular formula is C21H22N2O3. The molecule has 1 aromatic heterocycles. The van der Waals surface area contributed by atoms with Gasteiger partial charge in [0.2, 0.25) is 0 Å². The molecule has 5 nitrogen and oxygen atoms in total. The van der Waals surface area contributed by atoms with Crippen LogP contribution >= 0.6 is 0 Å². The van der Waals surface area contributed by atoms with Crippen molar-refractivity contribution in [2.45, 2.75) is 13.8 Å². The fraction of sp³-hybridized carbons (Fsp3) is 0.286. The molecule has 1 N–H and O–H groups in total. The second-order valence-electron chi connectivity index (χ2n) is 6.67. The van der Waals surface area contributed by atoms with Crippen LogP contribution in [-0.4, -0.2) is 31.3 Å². The highest BCUT2D eigenvalue weighted by Crippen LogP contribution is 2.31. The maximum Gasteiger partial charge on any atom is 0.191 e. The second-order valence-corrected chi connectivity index (χ2v) is 6.67. The van der Waals surface area contributed by atoms with E-state index in [4.69, 9.17) is 9.47 Å². The van der Waals surface area contributed by atoms with Crippen LogP contribution in [0.25, 0.3) is 10.9 Å². The summed E-state index contributed by atoms with van der Waals surface area (Å²) in [5, 5.41) is 0.629. The lowest BCUT2D eigenvalue weighted by Crippen LogP contribution is -2.37. The fourth-order valence-corrected chi connectivity index (χ4v) is 3.32. The van der Waals surface area contributed by atoms with Gasteiger partial charge in [0.1, 0.15) is 11.6 Å². The summed E-state index contributed by atoms with van der Waals surface area (Å²) in [5.41, 5.74) is 2.97. The number of benzene rings is 2. The molecule has 0 aliphatic carbocycles. The molecule has 1 saturated heterocycles. The van der Waals surface area contributed by atoms with E-state index in [1.54, 1.807) is 6.07 Å². The average Bonchev–Trinajstić information content (AvgIpc) is 2.65. The number of hydrogen-bond donors (Lipinski definition) is 1. The average molecular weight is 350 g/mol. The molecule has 0 atom stereocenters. The summed E-state index contributed by atoms with van der Waals surface area (Å²) < 4.78 is 11.6. The molecule has 0 amide bonds. The van der Waals surface area contributed by atoms with Crippen molar-refractivity contribution >= 4 is 16.7 Å². The Kier molecular flexibility index (Phi) is 4.39. The number of anilines is 1. The zero-order valence-electron chi connectivity index (χ0n) is 15.0. The third kappa shape index (κ3) is 3.18. The largest absolute Gasteiger partial charge is 0.455 e. The topological polar surface area (TPSA) is 54.6 Å². The van der Waals surface area contributed by atoms with E-state index < -0.39 is 0 Å². The van der Waals surface area contributed by atoms with Crippen LogP contribution in [0, 0.1) is 13.8 Å². The van der Waals surface area contributed by atoms with Crippen molar-refractivity contribution < 1.29 is 9.47 Å². The van der Waals surface area contributed by atoms with Crippen molar-refractivity contribution in [1.82, 2.24) is 4.98 Å². The van der Waals surface area contributed by atoms with Crippen molar-refractivity contribution in [2.75, 3.05) is 31.2 Å². The molecule has 3 aromatic rings. The van der Waals surface area contributed by atoms with E-state index in [-0.39, 0.29) is 5.43 Å². The molecule has 0 saturated carbocycles. The number of fused-ring (bicyclic) bond motifs is 1. The van der Waals surface area contributed by atoms with E-state index in [0.717, 1.165) is 35.7 Å². The first-order valence-electron chi connectivity index (χ1n) is 8.86. The number of aromatic amines is 1. The highest BCUT2D eigenvalue weighted by atomic mass is 16.5. The Labute approximate surface area is 152 Å². The van der Waals surface area contributed by atoms with Gasteiger partial charge in [0, 0.05) is 24.5 Å². The Morgan fingerprint density at radius 1 is 1.04 bits per heavy atom. The Morgan fingerprint density at radius 2 is 1.85 bits per heavy atom. The molecule has 0 bridgehead atoms. The van der Waals surface area contributed by atoms with Crippen LogP contribution in [0.2, 0.25) is 0 Å². The highest BCUT2D eigenvalue weighted by Gasteiger charge is 2.15. The molecule has 1 aliphatic heterocycles. The number of aromatic nitrogens is 1. The van der Waals surface area contributed by atoms with Crippen LogP contribution in [0.4, 0.5) is 5.82 Å². The molecule has 1 fully saturated rings. The Balaban J connectivity index is 1.79. The van der Waals surface area contributed by atoms with Gasteiger partial charge in [0.25, 0.3) is 0 Å². The van der Waals surface area contributed by atoms with E-state index >= 15 is 0 Å². The minimum atomic E-state index is -0.00804. The molecule has 2 aromatic carbocycles. The van der Waals surface area contributed by atoms with Crippen molar-refractivity contribution in [1.29, 1.82) is 0 Å². The first-order valence-corrected chi connectivity index (χ1v) is 8.86. The second kappa shape index (κ2) is 6.84. The van der Waals surface area contributed by atoms with E-state index in [0.29, 0.717) is 24.3 Å². The van der Waals surface area contributed by atoms with Gasteiger partial charge in [0.05, 0.1) is 18.7 Å². The van der Waals surface area contributed by atoms with Gasteiger partial charge in [0.15, 0.2) is 11.2 Å². The third-order valence-electron chi connectivity index (χ3n) is 4.71. The summed E-state index contributed by atoms with van der Waals surface area (Å²) >= 11 is 0. The van der Waals surface area contributed by atoms with Crippen LogP contribution in [0.1, 0.15) is 11.1 Å². The van der Waals surface area contributed by atoms with Gasteiger partial charge in [-0.3, -0.25) is 4.79 Å². The van der Waals surface area contributed by atoms with Gasteiger partial charge in [-0.15, -0.1) is 0 Å². The summed E-state index contributed by atoms with van der Waals surface area (Å²) in [6.45, 7) is 6.95. The number of H-pyrrole nitrogens is 1. The summed E-state index contributed by atoms with van der Waals surface area (Å²) in [6, 6.07) is 13.3. The van der Waals surface area contributed by atoms with Crippen LogP contribution in [0.5, 0.6) is 11.5 Å². The van der Waals surface area contributed by atoms with E-state index in [1.807, 2.05) is 37.3 Å². The molecule has 0 spiro atoms. The molecule has 4 rings (SSSR count). The number of nitrogens with zero attached hydrogens (tertiary/aromatic N) is 1. The van der Waals surface area contributed by atoms with Crippen molar-refractivity contribution in [3.63, 3.8) is 0 Å². The van der Waals surface area contributed by atoms with Gasteiger partial charge in [-0.05, 0) is 37.6 Å². The van der Waals surface area contributed by atoms with E-state index in [1.165, 1.54) is 5.56 Å². The lowest BCUT2D eigenvalue weighted by atomic mass is 10.1. The number of aryl methyl sites for hydroxylation is 2. The minimum Gasteiger partial charge on any atom is -0.455 e. The fourth-order valence-electron chi connectivity index (χ4n) is 3.32. The number of hydrogen-bond acceptors (Lipinski definition) is 4. The SMILES string of the molecule is Cc1ccc(Oc2cccc3c(=O)cc(N4CCOCC4)[nH]c23)c(C)c1. The molecule has 2 heterocycles. The Bertz CT molecular complexity index is 1000. The number of rotatable bonds is 3. The van der Waals surface area contributed by atoms with Gasteiger partial charge >= 0.3 is 0 Å². The third-order valence-corrected chi connectivity index (χ3v) is 4.71. The Hall–Kier alpha value is -2.79. The maximum atomic E-state index is 12.6. The maximum absolute atomic E-state index is 12.6. The summed E-state index contributed by atoms with van der Waals surface area (Å²) in [4.78, 5) is 18.2. The quantitative estimate of drug-likeness (QED) is 0.781. The summed E-state index contributed by atoms with van der Waals surface area (Å²) in [6.07, 6.45) is 0. The first-order chi connectivity index (χ1) is 12.6. The lowest BCUT2D eigenvalue weighted by Gasteiger charge is -2.28. The van der Waals surface area contributed by atoms with Crippen LogP contribution < -0.4 is 15.1 Å². The predicted molar refractivity (Wildman–Crippen MR) is 104 cm³/mol. The van der Waals surface area contributed by atoms with Crippen LogP contribution in [-0.2, 0) is 4.74 Å². The van der Waals surface area contributed by atoms with Gasteiger partial charge in [-0.1, -0.05) is 23.8 Å². The molecule has 5 heteroatoms. The zero-order valence-corrected chi connectivity index (χ0v) is 15.0. The molecule has 1 aliphatic rings. The standard InChI is InChI=1S/C21H22N2O3/c1-14-6-7-18(15(2)12-14)26-19-5-3-4-16-17(24)13-20(22-21(16)19)23-8-10-25-11-9-23/h3-7,12-13H,8-11H2,1-2H3,(H,22,24). The Morgan fingerprint density at radius 3 is 2.62 bits per heavy atom. The minimum absolute atomic E-state index is 0.00804. The van der Waals surface area contributed by atoms with Crippen molar-refractivity contribution in [2.24, 2.45) is 0 Å². The number of nitrogens with one attached hydrogen (secondary N) is 1. The lowest BCUT2D eigenvalue weighted by molar-refractivity contribution is 0.122. The number of pyridine rings is 1. The van der Waals surface area contributed by atoms with Gasteiger partial charge in [-0.25, -0.2) is 0 Å². The first kappa shape index (κ1) is 16.7. The number of ether oxygens (including phenoxy) is 2. The van der Waals surface area contributed by atoms with Crippen molar-refractivity contribution in [3.05, 3.63) is 63.8 Å². The summed E-state index contributed by atoms with van der Waals surface area (Å²) in [7, 11) is 0. The molecule has 0 unspecified atom stereocenters. The van der Waals surface area contributed by atoms with Crippen molar-refractivity contribution in [3.8, 4) is 11.5 Å². The van der Waals surface area contributed by atoms with Gasteiger partial charge < -0.3 is 19.4 Å². The molecule has 134 valence electrons. The van der Waals surface area contributed by atoms with Crippen LogP contribution in [0.15, 0.2) is 47.3 Å². The zero-order chi connectivity index (χ0) is 18.1. The smallest absolute Gasteiger partial charge is 0.191 e. The molecule has 0 radical (unpaired) electrons. The number of morpholine rings is 1. The normalized spacial score (nSPS) is 14.6. The molecule has 26 heavy (non-hydrogen) atoms. The molecular weight excluding hydrogens is 328 g/mol. The van der Waals surface area contributed by atoms with Gasteiger partial charge in [-0.2, -0.15) is 0 Å². The van der Waals surface area contributed by atoms with E-state index in [9.17, 15) is 4.79 Å². The van der Waals surface area contributed by atoms with E-state index in [2.05, 4.69) is 22.9 Å². The summed E-state index contributed by atoms with van der Waals surface area (Å²) in [5.74, 6) is 2.25. The predicted octanol–water partition coefficient (Wildman–Crippen LogP) is 3.77.